The summed E-state index contributed by atoms with van der Waals surface area (Å²) in [6.07, 6.45) is 3.80. The van der Waals surface area contributed by atoms with E-state index in [4.69, 9.17) is 11.6 Å². The molecule has 0 spiro atoms. The molecule has 1 aromatic heterocycles. The van der Waals surface area contributed by atoms with Crippen LogP contribution in [0.5, 0.6) is 0 Å². The Morgan fingerprint density at radius 3 is 2.80 bits per heavy atom. The highest BCUT2D eigenvalue weighted by Crippen LogP contribution is 2.09. The van der Waals surface area contributed by atoms with Gasteiger partial charge in [-0.25, -0.2) is 0 Å². The van der Waals surface area contributed by atoms with Gasteiger partial charge >= 0.3 is 0 Å². The van der Waals surface area contributed by atoms with E-state index in [0.717, 1.165) is 12.1 Å². The molecule has 0 saturated heterocycles. The lowest BCUT2D eigenvalue weighted by Crippen LogP contribution is -2.01. The first-order valence-corrected chi connectivity index (χ1v) is 5.45. The Balaban J connectivity index is 2.18. The third-order valence-corrected chi connectivity index (χ3v) is 2.74. The number of aromatic nitrogens is 2. The lowest BCUT2D eigenvalue weighted by atomic mass is 10.1. The van der Waals surface area contributed by atoms with Crippen LogP contribution < -0.4 is 0 Å². The van der Waals surface area contributed by atoms with Gasteiger partial charge in [0, 0.05) is 11.8 Å². The first kappa shape index (κ1) is 10.2. The smallest absolute Gasteiger partial charge is 0.0662 e. The van der Waals surface area contributed by atoms with Crippen molar-refractivity contribution in [3.8, 4) is 0 Å². The molecule has 78 valence electrons. The molecule has 1 heterocycles. The third-order valence-electron chi connectivity index (χ3n) is 2.43. The third kappa shape index (κ3) is 2.39. The molecule has 0 aliphatic rings. The average Bonchev–Trinajstić information content (AvgIpc) is 2.69. The maximum absolute atomic E-state index is 5.72. The van der Waals surface area contributed by atoms with Crippen LogP contribution in [0.1, 0.15) is 16.7 Å². The molecule has 0 saturated carbocycles. The van der Waals surface area contributed by atoms with Crippen molar-refractivity contribution in [3.63, 3.8) is 0 Å². The number of alkyl halides is 1. The summed E-state index contributed by atoms with van der Waals surface area (Å²) in [6, 6.07) is 8.33. The van der Waals surface area contributed by atoms with Crippen molar-refractivity contribution in [1.29, 1.82) is 0 Å². The van der Waals surface area contributed by atoms with Gasteiger partial charge in [-0.15, -0.1) is 11.6 Å². The van der Waals surface area contributed by atoms with Gasteiger partial charge in [0.05, 0.1) is 18.6 Å². The summed E-state index contributed by atoms with van der Waals surface area (Å²) in [5, 5.41) is 4.26. The van der Waals surface area contributed by atoms with E-state index in [1.165, 1.54) is 11.1 Å². The lowest BCUT2D eigenvalue weighted by molar-refractivity contribution is 0.683. The summed E-state index contributed by atoms with van der Waals surface area (Å²) in [5.41, 5.74) is 3.65. The van der Waals surface area contributed by atoms with Crippen LogP contribution in [0.2, 0.25) is 0 Å². The minimum absolute atomic E-state index is 0.522. The second-order valence-corrected chi connectivity index (χ2v) is 3.87. The molecule has 15 heavy (non-hydrogen) atoms. The maximum atomic E-state index is 5.72. The molecule has 0 N–H and O–H groups in total. The molecular formula is C12H13ClN2. The standard InChI is InChI=1S/C12H13ClN2/c1-10-4-2-3-5-12(10)9-15-8-11(6-13)7-14-15/h2-5,7-8H,6,9H2,1H3. The molecule has 0 aliphatic carbocycles. The van der Waals surface area contributed by atoms with Crippen molar-refractivity contribution in [2.45, 2.75) is 19.3 Å². The zero-order valence-electron chi connectivity index (χ0n) is 8.65. The van der Waals surface area contributed by atoms with Gasteiger partial charge in [0.1, 0.15) is 0 Å². The van der Waals surface area contributed by atoms with Crippen LogP contribution in [-0.4, -0.2) is 9.78 Å². The molecule has 2 rings (SSSR count). The van der Waals surface area contributed by atoms with Crippen LogP contribution in [0, 0.1) is 6.92 Å². The Morgan fingerprint density at radius 2 is 2.13 bits per heavy atom. The van der Waals surface area contributed by atoms with Crippen LogP contribution >= 0.6 is 11.6 Å². The second kappa shape index (κ2) is 4.49. The molecule has 3 heteroatoms. The Kier molecular flexibility index (Phi) is 3.07. The van der Waals surface area contributed by atoms with Gasteiger partial charge in [-0.3, -0.25) is 4.68 Å². The Labute approximate surface area is 94.5 Å². The van der Waals surface area contributed by atoms with Crippen LogP contribution in [0.4, 0.5) is 0 Å². The van der Waals surface area contributed by atoms with Gasteiger partial charge in [0.15, 0.2) is 0 Å². The van der Waals surface area contributed by atoms with E-state index in [2.05, 4.69) is 24.2 Å². The Morgan fingerprint density at radius 1 is 1.33 bits per heavy atom. The maximum Gasteiger partial charge on any atom is 0.0662 e. The Hall–Kier alpha value is -1.28. The van der Waals surface area contributed by atoms with Crippen LogP contribution in [0.15, 0.2) is 36.7 Å². The van der Waals surface area contributed by atoms with Crippen LogP contribution in [-0.2, 0) is 12.4 Å². The second-order valence-electron chi connectivity index (χ2n) is 3.61. The molecule has 0 fully saturated rings. The van der Waals surface area contributed by atoms with Crippen molar-refractivity contribution in [2.24, 2.45) is 0 Å². The van der Waals surface area contributed by atoms with Crippen molar-refractivity contribution >= 4 is 11.6 Å². The summed E-state index contributed by atoms with van der Waals surface area (Å²) in [5.74, 6) is 0.522. The fourth-order valence-corrected chi connectivity index (χ4v) is 1.66. The highest BCUT2D eigenvalue weighted by atomic mass is 35.5. The SMILES string of the molecule is Cc1ccccc1Cn1cc(CCl)cn1. The quantitative estimate of drug-likeness (QED) is 0.728. The minimum atomic E-state index is 0.522. The molecule has 1 aromatic carbocycles. The Bertz CT molecular complexity index is 448. The number of aryl methyl sites for hydroxylation is 1. The lowest BCUT2D eigenvalue weighted by Gasteiger charge is -2.04. The fraction of sp³-hybridized carbons (Fsp3) is 0.250. The van der Waals surface area contributed by atoms with Crippen molar-refractivity contribution in [1.82, 2.24) is 9.78 Å². The van der Waals surface area contributed by atoms with E-state index in [1.54, 1.807) is 0 Å². The molecule has 0 amide bonds. The minimum Gasteiger partial charge on any atom is -0.268 e. The van der Waals surface area contributed by atoms with E-state index in [0.29, 0.717) is 5.88 Å². The van der Waals surface area contributed by atoms with E-state index in [-0.39, 0.29) is 0 Å². The van der Waals surface area contributed by atoms with Gasteiger partial charge < -0.3 is 0 Å². The van der Waals surface area contributed by atoms with Gasteiger partial charge in [0.2, 0.25) is 0 Å². The fourth-order valence-electron chi connectivity index (χ4n) is 1.52. The molecule has 0 aliphatic heterocycles. The molecular weight excluding hydrogens is 208 g/mol. The van der Waals surface area contributed by atoms with E-state index >= 15 is 0 Å². The topological polar surface area (TPSA) is 17.8 Å². The van der Waals surface area contributed by atoms with Gasteiger partial charge in [-0.1, -0.05) is 24.3 Å². The number of rotatable bonds is 3. The zero-order chi connectivity index (χ0) is 10.7. The summed E-state index contributed by atoms with van der Waals surface area (Å²) in [6.45, 7) is 2.92. The van der Waals surface area contributed by atoms with Gasteiger partial charge in [0.25, 0.3) is 0 Å². The van der Waals surface area contributed by atoms with Gasteiger partial charge in [-0.05, 0) is 18.1 Å². The van der Waals surface area contributed by atoms with E-state index in [9.17, 15) is 0 Å². The van der Waals surface area contributed by atoms with Crippen LogP contribution in [0.3, 0.4) is 0 Å². The monoisotopic (exact) mass is 220 g/mol. The summed E-state index contributed by atoms with van der Waals surface area (Å²) in [7, 11) is 0. The predicted molar refractivity (Wildman–Crippen MR) is 62.1 cm³/mol. The molecule has 2 nitrogen and oxygen atoms in total. The molecule has 0 atom stereocenters. The number of halogens is 1. The number of benzene rings is 1. The number of nitrogens with zero attached hydrogens (tertiary/aromatic N) is 2. The molecule has 0 unspecified atom stereocenters. The average molecular weight is 221 g/mol. The van der Waals surface area contributed by atoms with Crippen molar-refractivity contribution in [3.05, 3.63) is 53.3 Å². The summed E-state index contributed by atoms with van der Waals surface area (Å²) >= 11 is 5.72. The number of hydrogen-bond donors (Lipinski definition) is 0. The van der Waals surface area contributed by atoms with Crippen molar-refractivity contribution in [2.75, 3.05) is 0 Å². The largest absolute Gasteiger partial charge is 0.268 e. The molecule has 0 bridgehead atoms. The zero-order valence-corrected chi connectivity index (χ0v) is 9.41. The highest BCUT2D eigenvalue weighted by Gasteiger charge is 2.00. The molecule has 2 aromatic rings. The van der Waals surface area contributed by atoms with E-state index < -0.39 is 0 Å². The summed E-state index contributed by atoms with van der Waals surface area (Å²) in [4.78, 5) is 0. The van der Waals surface area contributed by atoms with E-state index in [1.807, 2.05) is 29.2 Å². The predicted octanol–water partition coefficient (Wildman–Crippen LogP) is 2.98. The normalized spacial score (nSPS) is 10.5. The van der Waals surface area contributed by atoms with Crippen LogP contribution in [0.25, 0.3) is 0 Å². The summed E-state index contributed by atoms with van der Waals surface area (Å²) < 4.78 is 1.92. The van der Waals surface area contributed by atoms with Gasteiger partial charge in [-0.2, -0.15) is 5.10 Å². The first-order chi connectivity index (χ1) is 7.29. The molecule has 0 radical (unpaired) electrons. The van der Waals surface area contributed by atoms with Crippen molar-refractivity contribution < 1.29 is 0 Å². The highest BCUT2D eigenvalue weighted by molar-refractivity contribution is 6.17. The first-order valence-electron chi connectivity index (χ1n) is 4.91. The number of hydrogen-bond acceptors (Lipinski definition) is 1.